The van der Waals surface area contributed by atoms with Crippen molar-refractivity contribution in [2.75, 3.05) is 5.32 Å². The monoisotopic (exact) mass is 295 g/mol. The summed E-state index contributed by atoms with van der Waals surface area (Å²) in [7, 11) is 0. The van der Waals surface area contributed by atoms with E-state index in [4.69, 9.17) is 4.42 Å². The van der Waals surface area contributed by atoms with Gasteiger partial charge in [-0.1, -0.05) is 6.08 Å². The summed E-state index contributed by atoms with van der Waals surface area (Å²) in [6.07, 6.45) is 4.78. The van der Waals surface area contributed by atoms with Crippen LogP contribution >= 0.6 is 0 Å². The van der Waals surface area contributed by atoms with Crippen molar-refractivity contribution < 1.29 is 9.21 Å². The molecular weight excluding hydrogens is 282 g/mol. The highest BCUT2D eigenvalue weighted by Crippen LogP contribution is 2.16. The fourth-order valence-corrected chi connectivity index (χ4v) is 2.15. The average Bonchev–Trinajstić information content (AvgIpc) is 2.84. The molecule has 0 aliphatic rings. The van der Waals surface area contributed by atoms with Gasteiger partial charge in [0.2, 0.25) is 0 Å². The van der Waals surface area contributed by atoms with E-state index in [1.165, 1.54) is 4.57 Å². The molecule has 0 spiro atoms. The first-order valence-corrected chi connectivity index (χ1v) is 6.64. The summed E-state index contributed by atoms with van der Waals surface area (Å²) >= 11 is 0. The number of oxazole rings is 1. The summed E-state index contributed by atoms with van der Waals surface area (Å²) in [5.74, 6) is -0.756. The van der Waals surface area contributed by atoms with E-state index in [9.17, 15) is 9.59 Å². The lowest BCUT2D eigenvalue weighted by Crippen LogP contribution is -2.14. The van der Waals surface area contributed by atoms with Crippen LogP contribution in [-0.4, -0.2) is 15.5 Å². The minimum atomic E-state index is -0.472. The Labute approximate surface area is 125 Å². The summed E-state index contributed by atoms with van der Waals surface area (Å²) in [5, 5.41) is 2.74. The number of anilines is 1. The van der Waals surface area contributed by atoms with Crippen molar-refractivity contribution in [1.82, 2.24) is 9.55 Å². The van der Waals surface area contributed by atoms with Crippen LogP contribution in [0.15, 0.2) is 64.6 Å². The van der Waals surface area contributed by atoms with Gasteiger partial charge in [-0.15, -0.1) is 6.58 Å². The van der Waals surface area contributed by atoms with Gasteiger partial charge in [-0.25, -0.2) is 4.79 Å². The zero-order valence-electron chi connectivity index (χ0n) is 11.7. The van der Waals surface area contributed by atoms with Crippen molar-refractivity contribution in [3.8, 4) is 0 Å². The van der Waals surface area contributed by atoms with Gasteiger partial charge in [0.05, 0.1) is 17.4 Å². The summed E-state index contributed by atoms with van der Waals surface area (Å²) < 4.78 is 6.54. The lowest BCUT2D eigenvalue weighted by atomic mass is 10.2. The Morgan fingerprint density at radius 3 is 3.00 bits per heavy atom. The summed E-state index contributed by atoms with van der Waals surface area (Å²) in [6.45, 7) is 3.93. The minimum absolute atomic E-state index is 0.284. The molecule has 3 rings (SSSR count). The quantitative estimate of drug-likeness (QED) is 0.750. The van der Waals surface area contributed by atoms with Crippen molar-refractivity contribution in [2.45, 2.75) is 6.54 Å². The van der Waals surface area contributed by atoms with Crippen LogP contribution in [0.1, 0.15) is 10.4 Å². The summed E-state index contributed by atoms with van der Waals surface area (Å²) in [6, 6.07) is 8.31. The Hall–Kier alpha value is -3.15. The number of hydrogen-bond acceptors (Lipinski definition) is 4. The molecule has 3 aromatic rings. The fraction of sp³-hybridized carbons (Fsp3) is 0.0625. The molecule has 1 N–H and O–H groups in total. The topological polar surface area (TPSA) is 77.1 Å². The van der Waals surface area contributed by atoms with Gasteiger partial charge in [-0.3, -0.25) is 14.3 Å². The number of hydrogen-bond donors (Lipinski definition) is 1. The van der Waals surface area contributed by atoms with Crippen LogP contribution in [-0.2, 0) is 6.54 Å². The van der Waals surface area contributed by atoms with E-state index in [-0.39, 0.29) is 5.91 Å². The second kappa shape index (κ2) is 5.69. The number of fused-ring (bicyclic) bond motifs is 1. The number of carbonyl (C=O) groups is 1. The summed E-state index contributed by atoms with van der Waals surface area (Å²) in [5.41, 5.74) is 2.02. The molecular formula is C16H13N3O3. The molecule has 0 atom stereocenters. The van der Waals surface area contributed by atoms with E-state index in [2.05, 4.69) is 16.9 Å². The van der Waals surface area contributed by atoms with Gasteiger partial charge in [0.25, 0.3) is 5.91 Å². The van der Waals surface area contributed by atoms with Crippen LogP contribution < -0.4 is 11.1 Å². The maximum absolute atomic E-state index is 12.3. The zero-order valence-corrected chi connectivity index (χ0v) is 11.7. The number of carbonyl (C=O) groups excluding carboxylic acids is 1. The molecule has 22 heavy (non-hydrogen) atoms. The molecule has 0 unspecified atom stereocenters. The van der Waals surface area contributed by atoms with Gasteiger partial charge in [-0.2, -0.15) is 0 Å². The van der Waals surface area contributed by atoms with Gasteiger partial charge in [0.15, 0.2) is 5.58 Å². The molecule has 1 amide bonds. The van der Waals surface area contributed by atoms with E-state index in [1.54, 1.807) is 48.8 Å². The molecule has 2 heterocycles. The number of aromatic nitrogens is 2. The van der Waals surface area contributed by atoms with E-state index in [0.29, 0.717) is 28.9 Å². The third kappa shape index (κ3) is 2.54. The molecule has 0 saturated carbocycles. The second-order valence-electron chi connectivity index (χ2n) is 4.65. The van der Waals surface area contributed by atoms with Gasteiger partial charge in [0.1, 0.15) is 0 Å². The smallest absolute Gasteiger partial charge is 0.408 e. The second-order valence-corrected chi connectivity index (χ2v) is 4.65. The Balaban J connectivity index is 1.97. The van der Waals surface area contributed by atoms with Crippen LogP contribution in [0, 0.1) is 0 Å². The largest absolute Gasteiger partial charge is 0.420 e. The minimum Gasteiger partial charge on any atom is -0.408 e. The van der Waals surface area contributed by atoms with Gasteiger partial charge < -0.3 is 9.73 Å². The lowest BCUT2D eigenvalue weighted by molar-refractivity contribution is 0.102. The Morgan fingerprint density at radius 2 is 2.27 bits per heavy atom. The molecule has 0 fully saturated rings. The van der Waals surface area contributed by atoms with Crippen LogP contribution in [0.25, 0.3) is 11.1 Å². The molecule has 6 nitrogen and oxygen atoms in total. The van der Waals surface area contributed by atoms with Gasteiger partial charge in [-0.05, 0) is 30.3 Å². The molecule has 110 valence electrons. The van der Waals surface area contributed by atoms with E-state index < -0.39 is 5.76 Å². The molecule has 2 aromatic heterocycles. The highest BCUT2D eigenvalue weighted by molar-refractivity contribution is 6.05. The van der Waals surface area contributed by atoms with Crippen molar-refractivity contribution in [3.63, 3.8) is 0 Å². The molecule has 1 aromatic carbocycles. The number of benzene rings is 1. The van der Waals surface area contributed by atoms with Crippen molar-refractivity contribution in [2.24, 2.45) is 0 Å². The third-order valence-corrected chi connectivity index (χ3v) is 3.16. The molecule has 0 aliphatic carbocycles. The van der Waals surface area contributed by atoms with Gasteiger partial charge in [0, 0.05) is 18.3 Å². The zero-order chi connectivity index (χ0) is 15.5. The number of rotatable bonds is 4. The van der Waals surface area contributed by atoms with Crippen molar-refractivity contribution in [1.29, 1.82) is 0 Å². The molecule has 0 aliphatic heterocycles. The molecule has 0 saturated heterocycles. The lowest BCUT2D eigenvalue weighted by Gasteiger charge is -2.05. The Kier molecular flexibility index (Phi) is 3.57. The van der Waals surface area contributed by atoms with Crippen molar-refractivity contribution in [3.05, 3.63) is 71.5 Å². The predicted molar refractivity (Wildman–Crippen MR) is 82.9 cm³/mol. The first-order valence-electron chi connectivity index (χ1n) is 6.64. The van der Waals surface area contributed by atoms with Gasteiger partial charge >= 0.3 is 5.76 Å². The van der Waals surface area contributed by atoms with Crippen LogP contribution in [0.4, 0.5) is 5.69 Å². The van der Waals surface area contributed by atoms with Crippen LogP contribution in [0.3, 0.4) is 0 Å². The maximum atomic E-state index is 12.3. The van der Waals surface area contributed by atoms with E-state index >= 15 is 0 Å². The first kappa shape index (κ1) is 13.8. The van der Waals surface area contributed by atoms with E-state index in [1.807, 2.05) is 0 Å². The fourth-order valence-electron chi connectivity index (χ4n) is 2.15. The number of allylic oxidation sites excluding steroid dienone is 1. The van der Waals surface area contributed by atoms with E-state index in [0.717, 1.165) is 0 Å². The highest BCUT2D eigenvalue weighted by atomic mass is 16.4. The highest BCUT2D eigenvalue weighted by Gasteiger charge is 2.12. The molecule has 0 bridgehead atoms. The number of pyridine rings is 1. The number of nitrogens with zero attached hydrogens (tertiary/aromatic N) is 2. The average molecular weight is 295 g/mol. The standard InChI is InChI=1S/C16H13N3O3/c1-2-8-19-13-9-11(5-6-14(13)22-16(19)21)15(20)18-12-4-3-7-17-10-12/h2-7,9-10H,1,8H2,(H,18,20). The normalized spacial score (nSPS) is 10.5. The SMILES string of the molecule is C=CCn1c(=O)oc2ccc(C(=O)Nc3cccnc3)cc21. The Morgan fingerprint density at radius 1 is 1.41 bits per heavy atom. The maximum Gasteiger partial charge on any atom is 0.420 e. The predicted octanol–water partition coefficient (Wildman–Crippen LogP) is 2.43. The molecule has 0 radical (unpaired) electrons. The van der Waals surface area contributed by atoms with Crippen LogP contribution in [0.2, 0.25) is 0 Å². The van der Waals surface area contributed by atoms with Crippen molar-refractivity contribution >= 4 is 22.7 Å². The number of amides is 1. The molecule has 6 heteroatoms. The summed E-state index contributed by atoms with van der Waals surface area (Å²) in [4.78, 5) is 27.9. The third-order valence-electron chi connectivity index (χ3n) is 3.16. The van der Waals surface area contributed by atoms with Crippen LogP contribution in [0.5, 0.6) is 0 Å². The Bertz CT molecular complexity index is 894. The first-order chi connectivity index (χ1) is 10.7. The number of nitrogens with one attached hydrogen (secondary N) is 1.